The van der Waals surface area contributed by atoms with Crippen LogP contribution in [0.5, 0.6) is 11.5 Å². The van der Waals surface area contributed by atoms with Gasteiger partial charge in [0.05, 0.1) is 19.2 Å². The Labute approximate surface area is 170 Å². The van der Waals surface area contributed by atoms with E-state index in [4.69, 9.17) is 9.47 Å². The highest BCUT2D eigenvalue weighted by molar-refractivity contribution is 5.93. The molecule has 29 heavy (non-hydrogen) atoms. The zero-order valence-corrected chi connectivity index (χ0v) is 16.6. The molecule has 154 valence electrons. The van der Waals surface area contributed by atoms with Crippen molar-refractivity contribution in [3.05, 3.63) is 18.2 Å². The topological polar surface area (TPSA) is 105 Å². The molecule has 4 rings (SSSR count). The van der Waals surface area contributed by atoms with Crippen LogP contribution in [0.25, 0.3) is 0 Å². The largest absolute Gasteiger partial charge is 0.454 e. The van der Waals surface area contributed by atoms with Crippen molar-refractivity contribution in [2.24, 2.45) is 11.8 Å². The summed E-state index contributed by atoms with van der Waals surface area (Å²) in [4.78, 5) is 26.1. The Bertz CT molecular complexity index is 840. The number of likely N-dealkylation sites (tertiary alicyclic amines) is 1. The minimum Gasteiger partial charge on any atom is -0.454 e. The Hall–Kier alpha value is -2.79. The number of hydrogen-bond donors (Lipinski definition) is 3. The summed E-state index contributed by atoms with van der Waals surface area (Å²) in [6, 6.07) is 7.63. The summed E-state index contributed by atoms with van der Waals surface area (Å²) in [5.74, 6) is 1.45. The van der Waals surface area contributed by atoms with Gasteiger partial charge >= 0.3 is 0 Å². The highest BCUT2D eigenvalue weighted by atomic mass is 16.7. The van der Waals surface area contributed by atoms with Crippen molar-refractivity contribution >= 4 is 17.5 Å². The fraction of sp³-hybridized carbons (Fsp3) is 0.571. The molecule has 2 fully saturated rings. The van der Waals surface area contributed by atoms with Crippen molar-refractivity contribution in [1.29, 1.82) is 5.26 Å². The zero-order chi connectivity index (χ0) is 20.4. The predicted octanol–water partition coefficient (Wildman–Crippen LogP) is 0.457. The lowest BCUT2D eigenvalue weighted by Gasteiger charge is -2.29. The van der Waals surface area contributed by atoms with Crippen LogP contribution in [-0.4, -0.2) is 43.8 Å². The quantitative estimate of drug-likeness (QED) is 0.645. The third kappa shape index (κ3) is 4.46. The zero-order valence-electron chi connectivity index (χ0n) is 16.6. The van der Waals surface area contributed by atoms with Crippen molar-refractivity contribution in [1.82, 2.24) is 5.32 Å². The van der Waals surface area contributed by atoms with Crippen LogP contribution < -0.4 is 25.0 Å². The van der Waals surface area contributed by atoms with Gasteiger partial charge in [-0.05, 0) is 37.8 Å². The second-order valence-electron chi connectivity index (χ2n) is 8.39. The van der Waals surface area contributed by atoms with Gasteiger partial charge in [0.1, 0.15) is 5.54 Å². The molecule has 2 heterocycles. The number of hydrogen-bond acceptors (Lipinski definition) is 5. The van der Waals surface area contributed by atoms with E-state index < -0.39 is 5.54 Å². The van der Waals surface area contributed by atoms with E-state index in [0.29, 0.717) is 23.7 Å². The maximum atomic E-state index is 12.6. The lowest BCUT2D eigenvalue weighted by atomic mass is 9.95. The van der Waals surface area contributed by atoms with E-state index >= 15 is 0 Å². The summed E-state index contributed by atoms with van der Waals surface area (Å²) >= 11 is 0. The van der Waals surface area contributed by atoms with Crippen LogP contribution >= 0.6 is 0 Å². The highest BCUT2D eigenvalue weighted by Crippen LogP contribution is 2.39. The van der Waals surface area contributed by atoms with E-state index in [0.717, 1.165) is 43.7 Å². The van der Waals surface area contributed by atoms with Gasteiger partial charge in [-0.1, -0.05) is 0 Å². The summed E-state index contributed by atoms with van der Waals surface area (Å²) < 4.78 is 10.6. The summed E-state index contributed by atoms with van der Waals surface area (Å²) in [6.45, 7) is 3.89. The van der Waals surface area contributed by atoms with Gasteiger partial charge in [0.2, 0.25) is 12.7 Å². The Balaban J connectivity index is 1.23. The molecule has 0 bridgehead atoms. The molecule has 2 aliphatic heterocycles. The first-order chi connectivity index (χ1) is 14.0. The van der Waals surface area contributed by atoms with Crippen LogP contribution in [0.2, 0.25) is 0 Å². The van der Waals surface area contributed by atoms with Gasteiger partial charge in [-0.2, -0.15) is 5.26 Å². The fourth-order valence-electron chi connectivity index (χ4n) is 4.13. The van der Waals surface area contributed by atoms with Crippen LogP contribution in [0.3, 0.4) is 0 Å². The third-order valence-corrected chi connectivity index (χ3v) is 6.14. The average molecular weight is 399 g/mol. The maximum absolute atomic E-state index is 12.6. The Morgan fingerprint density at radius 2 is 1.93 bits per heavy atom. The predicted molar refractivity (Wildman–Crippen MR) is 104 cm³/mol. The minimum absolute atomic E-state index is 0.00171. The minimum atomic E-state index is -0.751. The van der Waals surface area contributed by atoms with Crippen molar-refractivity contribution in [3.63, 3.8) is 0 Å². The van der Waals surface area contributed by atoms with Crippen LogP contribution in [0.4, 0.5) is 5.69 Å². The van der Waals surface area contributed by atoms with Gasteiger partial charge in [0.25, 0.3) is 5.91 Å². The van der Waals surface area contributed by atoms with E-state index in [1.165, 1.54) is 0 Å². The van der Waals surface area contributed by atoms with Gasteiger partial charge in [0, 0.05) is 30.5 Å². The molecule has 0 aromatic heterocycles. The molecule has 1 saturated carbocycles. The fourth-order valence-corrected chi connectivity index (χ4v) is 4.13. The van der Waals surface area contributed by atoms with Crippen LogP contribution in [0.1, 0.15) is 32.6 Å². The first-order valence-corrected chi connectivity index (χ1v) is 10.2. The molecule has 0 unspecified atom stereocenters. The molecule has 8 nitrogen and oxygen atoms in total. The smallest absolute Gasteiger partial charge is 0.276 e. The number of nitrogens with one attached hydrogen (secondary N) is 3. The van der Waals surface area contributed by atoms with E-state index in [2.05, 4.69) is 16.7 Å². The van der Waals surface area contributed by atoms with Gasteiger partial charge < -0.3 is 25.0 Å². The van der Waals surface area contributed by atoms with Crippen molar-refractivity contribution in [3.8, 4) is 17.6 Å². The van der Waals surface area contributed by atoms with Crippen molar-refractivity contribution in [2.45, 2.75) is 38.1 Å². The van der Waals surface area contributed by atoms with Crippen LogP contribution in [0, 0.1) is 23.2 Å². The van der Waals surface area contributed by atoms with Gasteiger partial charge in [-0.15, -0.1) is 0 Å². The van der Waals surface area contributed by atoms with Crippen LogP contribution in [0.15, 0.2) is 18.2 Å². The molecule has 0 radical (unpaired) electrons. The number of rotatable bonds is 6. The van der Waals surface area contributed by atoms with Gasteiger partial charge in [0.15, 0.2) is 18.0 Å². The molecule has 2 amide bonds. The Morgan fingerprint density at radius 3 is 2.62 bits per heavy atom. The maximum Gasteiger partial charge on any atom is 0.276 e. The SMILES string of the molecule is C[C@](C#N)(NC(=O)C[NH+]1CCC(C(=O)Nc2ccc3c(c2)OCO3)CC1)C1CC1. The molecule has 0 spiro atoms. The number of anilines is 1. The Kier molecular flexibility index (Phi) is 5.33. The average Bonchev–Trinajstić information content (AvgIpc) is 3.47. The second-order valence-corrected chi connectivity index (χ2v) is 8.39. The van der Waals surface area contributed by atoms with E-state index in [9.17, 15) is 14.9 Å². The van der Waals surface area contributed by atoms with Crippen molar-refractivity contribution in [2.75, 3.05) is 31.7 Å². The number of nitriles is 1. The standard InChI is InChI=1S/C21H26N4O4/c1-21(12-22,15-2-3-15)24-19(26)11-25-8-6-14(7-9-25)20(27)23-16-4-5-17-18(10-16)29-13-28-17/h4-5,10,14-15H,2-3,6-9,11,13H2,1H3,(H,23,27)(H,24,26)/p+1/t21-/m1/s1. The summed E-state index contributed by atoms with van der Waals surface area (Å²) in [6.07, 6.45) is 3.47. The number of amides is 2. The van der Waals surface area contributed by atoms with Crippen LogP contribution in [-0.2, 0) is 9.59 Å². The number of piperidine rings is 1. The molecule has 3 N–H and O–H groups in total. The van der Waals surface area contributed by atoms with Gasteiger partial charge in [-0.3, -0.25) is 9.59 Å². The molecule has 1 aromatic carbocycles. The monoisotopic (exact) mass is 399 g/mol. The normalized spacial score (nSPS) is 24.8. The number of nitrogens with zero attached hydrogens (tertiary/aromatic N) is 1. The number of fused-ring (bicyclic) bond motifs is 1. The summed E-state index contributed by atoms with van der Waals surface area (Å²) in [5.41, 5.74) is -0.0523. The summed E-state index contributed by atoms with van der Waals surface area (Å²) in [5, 5.41) is 15.3. The van der Waals surface area contributed by atoms with E-state index in [1.54, 1.807) is 12.1 Å². The number of benzene rings is 1. The summed E-state index contributed by atoms with van der Waals surface area (Å²) in [7, 11) is 0. The highest BCUT2D eigenvalue weighted by Gasteiger charge is 2.43. The molecule has 1 saturated heterocycles. The molecule has 1 aliphatic carbocycles. The lowest BCUT2D eigenvalue weighted by Crippen LogP contribution is -3.14. The van der Waals surface area contributed by atoms with E-state index in [1.807, 2.05) is 13.0 Å². The molecular formula is C21H27N4O4+. The Morgan fingerprint density at radius 1 is 1.21 bits per heavy atom. The molecule has 3 aliphatic rings. The molecule has 1 aromatic rings. The number of carbonyl (C=O) groups is 2. The molecule has 8 heteroatoms. The first-order valence-electron chi connectivity index (χ1n) is 10.2. The lowest BCUT2D eigenvalue weighted by molar-refractivity contribution is -0.897. The second kappa shape index (κ2) is 7.91. The van der Waals surface area contributed by atoms with Gasteiger partial charge in [-0.25, -0.2) is 0 Å². The third-order valence-electron chi connectivity index (χ3n) is 6.14. The van der Waals surface area contributed by atoms with Crippen molar-refractivity contribution < 1.29 is 24.0 Å². The first kappa shape index (κ1) is 19.5. The number of quaternary nitrogens is 1. The number of carbonyl (C=O) groups excluding carboxylic acids is 2. The van der Waals surface area contributed by atoms with E-state index in [-0.39, 0.29) is 30.4 Å². The molecule has 1 atom stereocenters. The molecular weight excluding hydrogens is 372 g/mol. The number of ether oxygens (including phenoxy) is 2.